The molecule has 3 aromatic heterocycles. The maximum atomic E-state index is 13.4. The molecular formula is C26H23FN6O2. The number of fused-ring (bicyclic) bond motifs is 1. The van der Waals surface area contributed by atoms with E-state index >= 15 is 0 Å². The summed E-state index contributed by atoms with van der Waals surface area (Å²) in [6, 6.07) is 9.82. The summed E-state index contributed by atoms with van der Waals surface area (Å²) in [6.45, 7) is 2.44. The van der Waals surface area contributed by atoms with Crippen molar-refractivity contribution in [2.24, 2.45) is 0 Å². The van der Waals surface area contributed by atoms with E-state index in [4.69, 9.17) is 15.5 Å². The number of benzene rings is 1. The number of imidazole rings is 1. The number of halogens is 1. The van der Waals surface area contributed by atoms with Gasteiger partial charge in [0.2, 0.25) is 0 Å². The lowest BCUT2D eigenvalue weighted by Gasteiger charge is -2.21. The summed E-state index contributed by atoms with van der Waals surface area (Å²) in [5, 5.41) is 0. The quantitative estimate of drug-likeness (QED) is 0.446. The number of anilines is 1. The molecule has 1 aliphatic heterocycles. The monoisotopic (exact) mass is 470 g/mol. The molecule has 0 saturated carbocycles. The van der Waals surface area contributed by atoms with E-state index in [9.17, 15) is 9.18 Å². The van der Waals surface area contributed by atoms with Crippen LogP contribution in [-0.2, 0) is 11.4 Å². The van der Waals surface area contributed by atoms with Gasteiger partial charge >= 0.3 is 0 Å². The summed E-state index contributed by atoms with van der Waals surface area (Å²) in [5.74, 6) is 6.46. The Labute approximate surface area is 201 Å². The second-order valence-corrected chi connectivity index (χ2v) is 8.16. The number of nitrogen functional groups attached to an aromatic ring is 1. The SMILES string of the molecule is CC#CC(=O)N1CCC[C@H]1c1nc(-c2ccc(OCc3cc(F)ccn3)cc2)c2c(N)nccn12. The van der Waals surface area contributed by atoms with Crippen LogP contribution in [0.25, 0.3) is 16.8 Å². The van der Waals surface area contributed by atoms with Crippen LogP contribution in [0.1, 0.15) is 37.3 Å². The second-order valence-electron chi connectivity index (χ2n) is 8.16. The average Bonchev–Trinajstić information content (AvgIpc) is 3.49. The minimum atomic E-state index is -0.355. The van der Waals surface area contributed by atoms with Gasteiger partial charge in [-0.25, -0.2) is 14.4 Å². The molecule has 1 fully saturated rings. The lowest BCUT2D eigenvalue weighted by atomic mass is 10.1. The largest absolute Gasteiger partial charge is 0.487 e. The Kier molecular flexibility index (Phi) is 6.02. The molecule has 1 amide bonds. The van der Waals surface area contributed by atoms with Crippen molar-refractivity contribution in [2.45, 2.75) is 32.4 Å². The number of pyridine rings is 1. The standard InChI is InChI=1S/C26H23FN6O2/c1-2-4-22(34)32-13-3-5-21(32)26-31-23(24-25(28)30-12-14-33(24)26)17-6-8-20(9-7-17)35-16-19-15-18(27)10-11-29-19/h6-12,14-15,21H,3,5,13,16H2,1H3,(H2,28,30)/t21-/m0/s1. The molecule has 0 radical (unpaired) electrons. The highest BCUT2D eigenvalue weighted by molar-refractivity contribution is 5.94. The van der Waals surface area contributed by atoms with Crippen LogP contribution >= 0.6 is 0 Å². The fourth-order valence-corrected chi connectivity index (χ4v) is 4.37. The highest BCUT2D eigenvalue weighted by Crippen LogP contribution is 2.36. The number of aromatic nitrogens is 4. The van der Waals surface area contributed by atoms with E-state index < -0.39 is 0 Å². The van der Waals surface area contributed by atoms with Crippen LogP contribution in [0.2, 0.25) is 0 Å². The molecule has 5 rings (SSSR count). The van der Waals surface area contributed by atoms with Crippen molar-refractivity contribution >= 4 is 17.2 Å². The van der Waals surface area contributed by atoms with E-state index in [2.05, 4.69) is 21.8 Å². The molecule has 4 aromatic rings. The van der Waals surface area contributed by atoms with Crippen LogP contribution < -0.4 is 10.5 Å². The van der Waals surface area contributed by atoms with Gasteiger partial charge in [-0.2, -0.15) is 0 Å². The van der Waals surface area contributed by atoms with Gasteiger partial charge in [0.05, 0.1) is 11.7 Å². The molecule has 0 bridgehead atoms. The lowest BCUT2D eigenvalue weighted by Crippen LogP contribution is -2.30. The molecule has 4 heterocycles. The summed E-state index contributed by atoms with van der Waals surface area (Å²) in [7, 11) is 0. The van der Waals surface area contributed by atoms with Crippen molar-refractivity contribution < 1.29 is 13.9 Å². The third-order valence-electron chi connectivity index (χ3n) is 5.95. The Balaban J connectivity index is 1.46. The fourth-order valence-electron chi connectivity index (χ4n) is 4.37. The van der Waals surface area contributed by atoms with E-state index in [0.717, 1.165) is 24.2 Å². The number of amides is 1. The Bertz CT molecular complexity index is 1450. The molecule has 2 N–H and O–H groups in total. The summed E-state index contributed by atoms with van der Waals surface area (Å²) in [5.41, 5.74) is 8.95. The highest BCUT2D eigenvalue weighted by atomic mass is 19.1. The molecule has 35 heavy (non-hydrogen) atoms. The minimum Gasteiger partial charge on any atom is -0.487 e. The van der Waals surface area contributed by atoms with E-state index in [0.29, 0.717) is 35.0 Å². The third-order valence-corrected chi connectivity index (χ3v) is 5.95. The van der Waals surface area contributed by atoms with Crippen molar-refractivity contribution in [2.75, 3.05) is 12.3 Å². The van der Waals surface area contributed by atoms with Gasteiger partial charge in [0.25, 0.3) is 5.91 Å². The predicted molar refractivity (Wildman–Crippen MR) is 129 cm³/mol. The van der Waals surface area contributed by atoms with Gasteiger partial charge < -0.3 is 15.4 Å². The molecule has 1 saturated heterocycles. The number of hydrogen-bond acceptors (Lipinski definition) is 6. The number of rotatable bonds is 5. The lowest BCUT2D eigenvalue weighted by molar-refractivity contribution is -0.126. The third kappa shape index (κ3) is 4.38. The zero-order chi connectivity index (χ0) is 24.4. The van der Waals surface area contributed by atoms with E-state index in [1.54, 1.807) is 18.0 Å². The van der Waals surface area contributed by atoms with Crippen LogP contribution in [0.3, 0.4) is 0 Å². The summed E-state index contributed by atoms with van der Waals surface area (Å²) >= 11 is 0. The van der Waals surface area contributed by atoms with Gasteiger partial charge in [-0.1, -0.05) is 5.92 Å². The number of nitrogens with zero attached hydrogens (tertiary/aromatic N) is 5. The predicted octanol–water partition coefficient (Wildman–Crippen LogP) is 3.78. The fraction of sp³-hybridized carbons (Fsp3) is 0.231. The van der Waals surface area contributed by atoms with Crippen molar-refractivity contribution in [3.63, 3.8) is 0 Å². The van der Waals surface area contributed by atoms with Crippen LogP contribution in [0.4, 0.5) is 10.2 Å². The zero-order valence-electron chi connectivity index (χ0n) is 19.1. The van der Waals surface area contributed by atoms with Crippen LogP contribution in [-0.4, -0.2) is 36.7 Å². The molecule has 1 aliphatic rings. The molecule has 176 valence electrons. The first kappa shape index (κ1) is 22.3. The molecule has 1 aromatic carbocycles. The van der Waals surface area contributed by atoms with Crippen LogP contribution in [0.5, 0.6) is 5.75 Å². The Morgan fingerprint density at radius 2 is 2.06 bits per heavy atom. The molecule has 9 heteroatoms. The van der Waals surface area contributed by atoms with Crippen molar-refractivity contribution in [1.29, 1.82) is 0 Å². The summed E-state index contributed by atoms with van der Waals surface area (Å²) in [6.07, 6.45) is 6.51. The zero-order valence-corrected chi connectivity index (χ0v) is 19.1. The number of ether oxygens (including phenoxy) is 1. The Morgan fingerprint density at radius 3 is 2.83 bits per heavy atom. The number of carbonyl (C=O) groups excluding carboxylic acids is 1. The van der Waals surface area contributed by atoms with Gasteiger partial charge in [0.15, 0.2) is 0 Å². The summed E-state index contributed by atoms with van der Waals surface area (Å²) in [4.78, 5) is 27.6. The smallest absolute Gasteiger partial charge is 0.299 e. The number of hydrogen-bond donors (Lipinski definition) is 1. The molecule has 1 atom stereocenters. The topological polar surface area (TPSA) is 98.6 Å². The van der Waals surface area contributed by atoms with Gasteiger partial charge in [-0.15, -0.1) is 0 Å². The van der Waals surface area contributed by atoms with Crippen molar-refractivity contribution in [3.8, 4) is 28.8 Å². The molecule has 8 nitrogen and oxygen atoms in total. The molecule has 0 unspecified atom stereocenters. The molecule has 0 spiro atoms. The first-order valence-electron chi connectivity index (χ1n) is 11.2. The van der Waals surface area contributed by atoms with Gasteiger partial charge in [-0.05, 0) is 62.1 Å². The average molecular weight is 471 g/mol. The Morgan fingerprint density at radius 1 is 1.23 bits per heavy atom. The second kappa shape index (κ2) is 9.43. The molecular weight excluding hydrogens is 447 g/mol. The van der Waals surface area contributed by atoms with Gasteiger partial charge in [-0.3, -0.25) is 14.2 Å². The van der Waals surface area contributed by atoms with E-state index in [1.807, 2.05) is 34.9 Å². The van der Waals surface area contributed by atoms with Gasteiger partial charge in [0.1, 0.15) is 41.0 Å². The normalized spacial score (nSPS) is 15.1. The first-order chi connectivity index (χ1) is 17.0. The van der Waals surface area contributed by atoms with E-state index in [1.165, 1.54) is 18.3 Å². The van der Waals surface area contributed by atoms with E-state index in [-0.39, 0.29) is 24.4 Å². The van der Waals surface area contributed by atoms with Crippen LogP contribution in [0.15, 0.2) is 55.0 Å². The van der Waals surface area contributed by atoms with Gasteiger partial charge in [0, 0.05) is 30.7 Å². The Hall–Kier alpha value is -4.45. The maximum Gasteiger partial charge on any atom is 0.299 e. The van der Waals surface area contributed by atoms with Crippen molar-refractivity contribution in [3.05, 3.63) is 72.3 Å². The number of nitrogens with two attached hydrogens (primary N) is 1. The summed E-state index contributed by atoms with van der Waals surface area (Å²) < 4.78 is 21.0. The molecule has 0 aliphatic carbocycles. The number of likely N-dealkylation sites (tertiary alicyclic amines) is 1. The first-order valence-corrected chi connectivity index (χ1v) is 11.2. The highest BCUT2D eigenvalue weighted by Gasteiger charge is 2.33. The van der Waals surface area contributed by atoms with Crippen LogP contribution in [0, 0.1) is 17.7 Å². The number of carbonyl (C=O) groups is 1. The maximum absolute atomic E-state index is 13.4. The van der Waals surface area contributed by atoms with Crippen molar-refractivity contribution in [1.82, 2.24) is 24.3 Å². The minimum absolute atomic E-state index is 0.151.